The van der Waals surface area contributed by atoms with Gasteiger partial charge in [-0.15, -0.1) is 21.5 Å². The first-order chi connectivity index (χ1) is 12.3. The second-order valence-electron chi connectivity index (χ2n) is 5.18. The van der Waals surface area contributed by atoms with E-state index in [0.717, 1.165) is 26.3 Å². The summed E-state index contributed by atoms with van der Waals surface area (Å²) < 4.78 is 6.71. The summed E-state index contributed by atoms with van der Waals surface area (Å²) in [5, 5.41) is 11.9. The van der Waals surface area contributed by atoms with Crippen LogP contribution in [0.2, 0.25) is 0 Å². The average Bonchev–Trinajstić information content (AvgIpc) is 3.30. The van der Waals surface area contributed by atoms with Crippen LogP contribution in [0.1, 0.15) is 5.69 Å². The maximum Gasteiger partial charge on any atom is 0.277 e. The summed E-state index contributed by atoms with van der Waals surface area (Å²) in [5.74, 6) is 1.22. The van der Waals surface area contributed by atoms with Gasteiger partial charge in [0, 0.05) is 26.7 Å². The number of nitrogens with zero attached hydrogens (tertiary/aromatic N) is 3. The van der Waals surface area contributed by atoms with E-state index in [1.807, 2.05) is 42.5 Å². The summed E-state index contributed by atoms with van der Waals surface area (Å²) in [6.07, 6.45) is 0. The molecule has 0 aliphatic rings. The Balaban J connectivity index is 1.43. The molecule has 0 spiro atoms. The van der Waals surface area contributed by atoms with Crippen LogP contribution < -0.4 is 0 Å². The van der Waals surface area contributed by atoms with Crippen LogP contribution in [-0.2, 0) is 5.75 Å². The molecule has 0 N–H and O–H groups in total. The van der Waals surface area contributed by atoms with E-state index in [2.05, 4.69) is 48.6 Å². The molecular weight excluding hydrogens is 418 g/mol. The summed E-state index contributed by atoms with van der Waals surface area (Å²) in [6.45, 7) is 0. The van der Waals surface area contributed by atoms with Gasteiger partial charge in [-0.25, -0.2) is 4.98 Å². The van der Waals surface area contributed by atoms with Crippen LogP contribution in [0, 0.1) is 0 Å². The van der Waals surface area contributed by atoms with E-state index >= 15 is 0 Å². The summed E-state index contributed by atoms with van der Waals surface area (Å²) in [5.41, 5.74) is 3.04. The molecule has 0 radical (unpaired) electrons. The molecular formula is C18H12BrN3OS2. The van der Waals surface area contributed by atoms with E-state index < -0.39 is 0 Å². The third kappa shape index (κ3) is 4.00. The van der Waals surface area contributed by atoms with Gasteiger partial charge in [0.2, 0.25) is 5.89 Å². The summed E-state index contributed by atoms with van der Waals surface area (Å²) in [7, 11) is 0. The molecule has 2 heterocycles. The van der Waals surface area contributed by atoms with Crippen LogP contribution in [0.4, 0.5) is 0 Å². The van der Waals surface area contributed by atoms with Crippen molar-refractivity contribution in [2.75, 3.05) is 0 Å². The topological polar surface area (TPSA) is 51.8 Å². The van der Waals surface area contributed by atoms with Crippen molar-refractivity contribution in [3.05, 3.63) is 70.1 Å². The van der Waals surface area contributed by atoms with Crippen LogP contribution in [0.3, 0.4) is 0 Å². The minimum Gasteiger partial charge on any atom is -0.411 e. The van der Waals surface area contributed by atoms with Crippen molar-refractivity contribution in [3.63, 3.8) is 0 Å². The molecule has 7 heteroatoms. The highest BCUT2D eigenvalue weighted by Gasteiger charge is 2.11. The number of hydrogen-bond donors (Lipinski definition) is 0. The fourth-order valence-corrected chi connectivity index (χ4v) is 4.21. The van der Waals surface area contributed by atoms with Gasteiger partial charge in [0.1, 0.15) is 5.01 Å². The molecule has 4 rings (SSSR count). The number of halogens is 1. The van der Waals surface area contributed by atoms with Crippen molar-refractivity contribution in [1.29, 1.82) is 0 Å². The molecule has 0 bridgehead atoms. The molecule has 0 aliphatic carbocycles. The molecule has 0 aliphatic heterocycles. The van der Waals surface area contributed by atoms with Gasteiger partial charge in [-0.1, -0.05) is 64.1 Å². The van der Waals surface area contributed by atoms with Gasteiger partial charge < -0.3 is 4.42 Å². The molecule has 0 amide bonds. The lowest BCUT2D eigenvalue weighted by atomic mass is 10.2. The lowest BCUT2D eigenvalue weighted by Crippen LogP contribution is -1.82. The van der Waals surface area contributed by atoms with Gasteiger partial charge in [0.15, 0.2) is 0 Å². The average molecular weight is 430 g/mol. The first-order valence-corrected chi connectivity index (χ1v) is 10.2. The molecule has 124 valence electrons. The highest BCUT2D eigenvalue weighted by Crippen LogP contribution is 2.29. The fourth-order valence-electron chi connectivity index (χ4n) is 2.23. The van der Waals surface area contributed by atoms with Gasteiger partial charge >= 0.3 is 0 Å². The standard InChI is InChI=1S/C18H12BrN3OS2/c19-14-8-4-7-13(9-14)16-21-22-18(23-16)25-11-15-10-24-17(20-15)12-5-2-1-3-6-12/h1-10H,11H2. The van der Waals surface area contributed by atoms with Crippen molar-refractivity contribution in [3.8, 4) is 22.0 Å². The van der Waals surface area contributed by atoms with Crippen LogP contribution in [-0.4, -0.2) is 15.2 Å². The SMILES string of the molecule is Brc1cccc(-c2nnc(SCc3csc(-c4ccccc4)n3)o2)c1. The number of benzene rings is 2. The van der Waals surface area contributed by atoms with E-state index in [1.165, 1.54) is 11.8 Å². The molecule has 0 unspecified atom stereocenters. The van der Waals surface area contributed by atoms with Crippen molar-refractivity contribution >= 4 is 39.0 Å². The second-order valence-corrected chi connectivity index (χ2v) is 7.88. The zero-order valence-corrected chi connectivity index (χ0v) is 16.1. The van der Waals surface area contributed by atoms with E-state index in [9.17, 15) is 0 Å². The normalized spacial score (nSPS) is 10.9. The molecule has 0 saturated heterocycles. The molecule has 0 saturated carbocycles. The minimum absolute atomic E-state index is 0.520. The second kappa shape index (κ2) is 7.51. The number of thioether (sulfide) groups is 1. The van der Waals surface area contributed by atoms with Crippen LogP contribution >= 0.6 is 39.0 Å². The predicted molar refractivity (Wildman–Crippen MR) is 105 cm³/mol. The zero-order chi connectivity index (χ0) is 17.1. The quantitative estimate of drug-likeness (QED) is 0.368. The Bertz CT molecular complexity index is 985. The first-order valence-electron chi connectivity index (χ1n) is 7.50. The van der Waals surface area contributed by atoms with Gasteiger partial charge in [-0.3, -0.25) is 0 Å². The van der Waals surface area contributed by atoms with Gasteiger partial charge in [-0.05, 0) is 18.2 Å². The van der Waals surface area contributed by atoms with Crippen molar-refractivity contribution < 1.29 is 4.42 Å². The summed E-state index contributed by atoms with van der Waals surface area (Å²) >= 11 is 6.59. The fraction of sp³-hybridized carbons (Fsp3) is 0.0556. The largest absolute Gasteiger partial charge is 0.411 e. The molecule has 2 aromatic carbocycles. The Labute approximate surface area is 161 Å². The van der Waals surface area contributed by atoms with Crippen LogP contribution in [0.15, 0.2) is 74.1 Å². The number of hydrogen-bond acceptors (Lipinski definition) is 6. The first kappa shape index (κ1) is 16.5. The Morgan fingerprint density at radius 1 is 1.00 bits per heavy atom. The lowest BCUT2D eigenvalue weighted by molar-refractivity contribution is 0.466. The predicted octanol–water partition coefficient (Wildman–Crippen LogP) is 5.91. The van der Waals surface area contributed by atoms with E-state index in [1.54, 1.807) is 11.3 Å². The van der Waals surface area contributed by atoms with Crippen LogP contribution in [0.5, 0.6) is 0 Å². The molecule has 0 fully saturated rings. The summed E-state index contributed by atoms with van der Waals surface area (Å²) in [6, 6.07) is 18.0. The maximum atomic E-state index is 5.73. The zero-order valence-electron chi connectivity index (χ0n) is 12.9. The van der Waals surface area contributed by atoms with E-state index in [0.29, 0.717) is 16.9 Å². The van der Waals surface area contributed by atoms with Crippen molar-refractivity contribution in [1.82, 2.24) is 15.2 Å². The monoisotopic (exact) mass is 429 g/mol. The van der Waals surface area contributed by atoms with Gasteiger partial charge in [0.25, 0.3) is 5.22 Å². The lowest BCUT2D eigenvalue weighted by Gasteiger charge is -1.96. The Morgan fingerprint density at radius 3 is 2.68 bits per heavy atom. The molecule has 25 heavy (non-hydrogen) atoms. The highest BCUT2D eigenvalue weighted by atomic mass is 79.9. The Hall–Kier alpha value is -1.96. The molecule has 0 atom stereocenters. The van der Waals surface area contributed by atoms with Crippen LogP contribution in [0.25, 0.3) is 22.0 Å². The van der Waals surface area contributed by atoms with Gasteiger partial charge in [0.05, 0.1) is 5.69 Å². The Morgan fingerprint density at radius 2 is 1.84 bits per heavy atom. The number of rotatable bonds is 5. The number of aromatic nitrogens is 3. The number of thiazole rings is 1. The van der Waals surface area contributed by atoms with Gasteiger partial charge in [-0.2, -0.15) is 0 Å². The summed E-state index contributed by atoms with van der Waals surface area (Å²) in [4.78, 5) is 4.67. The third-order valence-electron chi connectivity index (χ3n) is 3.39. The van der Waals surface area contributed by atoms with Crippen molar-refractivity contribution in [2.24, 2.45) is 0 Å². The minimum atomic E-state index is 0.520. The third-order valence-corrected chi connectivity index (χ3v) is 5.68. The molecule has 4 aromatic rings. The van der Waals surface area contributed by atoms with Crippen molar-refractivity contribution in [2.45, 2.75) is 11.0 Å². The Kier molecular flexibility index (Phi) is 4.96. The smallest absolute Gasteiger partial charge is 0.277 e. The highest BCUT2D eigenvalue weighted by molar-refractivity contribution is 9.10. The van der Waals surface area contributed by atoms with E-state index in [4.69, 9.17) is 4.42 Å². The van der Waals surface area contributed by atoms with E-state index in [-0.39, 0.29) is 0 Å². The molecule has 2 aromatic heterocycles. The maximum absolute atomic E-state index is 5.73. The molecule has 4 nitrogen and oxygen atoms in total.